The van der Waals surface area contributed by atoms with Gasteiger partial charge in [0.1, 0.15) is 0 Å². The van der Waals surface area contributed by atoms with Crippen LogP contribution in [0, 0.1) is 0 Å². The van der Waals surface area contributed by atoms with Gasteiger partial charge in [0.15, 0.2) is 5.82 Å². The van der Waals surface area contributed by atoms with Gasteiger partial charge in [-0.3, -0.25) is 0 Å². The summed E-state index contributed by atoms with van der Waals surface area (Å²) in [5, 5.41) is 2.57. The smallest absolute Gasteiger partial charge is 0.160 e. The Morgan fingerprint density at radius 2 is 0.806 bits per heavy atom. The van der Waals surface area contributed by atoms with Crippen molar-refractivity contribution in [2.24, 2.45) is 0 Å². The monoisotopic (exact) mass is 806 g/mol. The lowest BCUT2D eigenvalue weighted by Crippen LogP contribution is -2.28. The molecule has 2 nitrogen and oxygen atoms in total. The van der Waals surface area contributed by atoms with Gasteiger partial charge in [-0.1, -0.05) is 218 Å². The number of benzene rings is 9. The maximum absolute atomic E-state index is 5.42. The fourth-order valence-corrected chi connectivity index (χ4v) is 11.2. The fraction of sp³-hybridized carbons (Fsp3) is 0.0169. The number of rotatable bonds is 7. The predicted molar refractivity (Wildman–Crippen MR) is 259 cm³/mol. The quantitative estimate of drug-likeness (QED) is 0.160. The average molecular weight is 807 g/mol. The second-order valence-electron chi connectivity index (χ2n) is 16.0. The van der Waals surface area contributed by atoms with Crippen LogP contribution in [0.25, 0.3) is 87.5 Å². The summed E-state index contributed by atoms with van der Waals surface area (Å²) >= 11 is 1.86. The molecule has 0 radical (unpaired) electrons. The van der Waals surface area contributed by atoms with Gasteiger partial charge in [0, 0.05) is 42.4 Å². The van der Waals surface area contributed by atoms with Gasteiger partial charge in [-0.15, -0.1) is 11.3 Å². The van der Waals surface area contributed by atoms with Crippen LogP contribution in [-0.2, 0) is 5.41 Å². The third-order valence-electron chi connectivity index (χ3n) is 12.6. The van der Waals surface area contributed by atoms with Gasteiger partial charge in [-0.05, 0) is 62.2 Å². The van der Waals surface area contributed by atoms with Crippen molar-refractivity contribution in [2.75, 3.05) is 0 Å². The van der Waals surface area contributed by atoms with Gasteiger partial charge in [-0.2, -0.15) is 0 Å². The van der Waals surface area contributed by atoms with Gasteiger partial charge in [0.25, 0.3) is 0 Å². The molecule has 0 saturated carbocycles. The first-order valence-corrected chi connectivity index (χ1v) is 22.0. The molecule has 0 N–H and O–H groups in total. The van der Waals surface area contributed by atoms with Crippen LogP contribution in [0.5, 0.6) is 0 Å². The molecule has 2 aromatic heterocycles. The predicted octanol–water partition coefficient (Wildman–Crippen LogP) is 15.5. The Labute approximate surface area is 365 Å². The van der Waals surface area contributed by atoms with E-state index in [9.17, 15) is 0 Å². The summed E-state index contributed by atoms with van der Waals surface area (Å²) in [5.74, 6) is 0.693. The third kappa shape index (κ3) is 5.63. The number of aromatic nitrogens is 2. The molecule has 0 unspecified atom stereocenters. The molecule has 0 fully saturated rings. The molecular weight excluding hydrogens is 769 g/mol. The number of thiophene rings is 1. The van der Waals surface area contributed by atoms with Crippen molar-refractivity contribution in [2.45, 2.75) is 5.41 Å². The topological polar surface area (TPSA) is 25.8 Å². The van der Waals surface area contributed by atoms with Crippen LogP contribution in [0.15, 0.2) is 231 Å². The van der Waals surface area contributed by atoms with E-state index in [0.717, 1.165) is 39.2 Å². The van der Waals surface area contributed by atoms with Crippen LogP contribution in [-0.4, -0.2) is 9.97 Å². The van der Waals surface area contributed by atoms with Gasteiger partial charge >= 0.3 is 0 Å². The summed E-state index contributed by atoms with van der Waals surface area (Å²) in [5.41, 5.74) is 16.6. The van der Waals surface area contributed by atoms with Crippen molar-refractivity contribution >= 4 is 31.5 Å². The van der Waals surface area contributed by atoms with Crippen LogP contribution >= 0.6 is 11.3 Å². The largest absolute Gasteiger partial charge is 0.228 e. The summed E-state index contributed by atoms with van der Waals surface area (Å²) in [6.07, 6.45) is 0. The molecule has 1 aliphatic rings. The van der Waals surface area contributed by atoms with Crippen molar-refractivity contribution < 1.29 is 0 Å². The Bertz CT molecular complexity index is 3420. The van der Waals surface area contributed by atoms with E-state index in [1.165, 1.54) is 64.7 Å². The minimum Gasteiger partial charge on any atom is -0.228 e. The van der Waals surface area contributed by atoms with Crippen molar-refractivity contribution in [1.82, 2.24) is 9.97 Å². The van der Waals surface area contributed by atoms with Crippen LogP contribution in [0.4, 0.5) is 0 Å². The Morgan fingerprint density at radius 1 is 0.339 bits per heavy atom. The molecule has 9 aromatic carbocycles. The van der Waals surface area contributed by atoms with E-state index in [-0.39, 0.29) is 0 Å². The molecule has 0 aliphatic heterocycles. The highest BCUT2D eigenvalue weighted by Crippen LogP contribution is 2.58. The van der Waals surface area contributed by atoms with E-state index < -0.39 is 5.41 Å². The Kier molecular flexibility index (Phi) is 8.62. The van der Waals surface area contributed by atoms with Gasteiger partial charge in [0.2, 0.25) is 0 Å². The Hall–Kier alpha value is -7.72. The van der Waals surface area contributed by atoms with E-state index in [2.05, 4.69) is 224 Å². The molecule has 12 rings (SSSR count). The van der Waals surface area contributed by atoms with Crippen molar-refractivity contribution in [3.63, 3.8) is 0 Å². The van der Waals surface area contributed by atoms with Crippen LogP contribution < -0.4 is 0 Å². The second-order valence-corrected chi connectivity index (χ2v) is 17.0. The fourth-order valence-electron chi connectivity index (χ4n) is 10.00. The maximum Gasteiger partial charge on any atom is 0.160 e. The van der Waals surface area contributed by atoms with Gasteiger partial charge in [-0.25, -0.2) is 9.97 Å². The van der Waals surface area contributed by atoms with Crippen molar-refractivity contribution in [3.05, 3.63) is 253 Å². The highest BCUT2D eigenvalue weighted by atomic mass is 32.1. The van der Waals surface area contributed by atoms with E-state index in [0.29, 0.717) is 5.82 Å². The first kappa shape index (κ1) is 36.2. The number of nitrogens with zero attached hydrogens (tertiary/aromatic N) is 2. The summed E-state index contributed by atoms with van der Waals surface area (Å²) in [7, 11) is 0. The highest BCUT2D eigenvalue weighted by molar-refractivity contribution is 7.26. The summed E-state index contributed by atoms with van der Waals surface area (Å²) in [6, 6.07) is 83.3. The standard InChI is InChI=1S/C59H38N2S/c1-4-20-39(21-5-1)58-60-53(38-54(61-58)45-29-13-11-27-43(45)48-33-18-34-49-46-30-15-17-37-55(46)62-57(48)49)44-28-12-10-26-42(44)47-32-19-36-52-56(47)50-31-14-16-35-51(50)59(52,40-22-6-2-7-23-40)41-24-8-3-9-25-41/h1-38H. The van der Waals surface area contributed by atoms with Gasteiger partial charge < -0.3 is 0 Å². The molecule has 0 saturated heterocycles. The van der Waals surface area contributed by atoms with Crippen LogP contribution in [0.2, 0.25) is 0 Å². The number of fused-ring (bicyclic) bond motifs is 6. The summed E-state index contributed by atoms with van der Waals surface area (Å²) in [4.78, 5) is 10.8. The normalized spacial score (nSPS) is 12.6. The molecule has 11 aromatic rings. The lowest BCUT2D eigenvalue weighted by atomic mass is 9.67. The summed E-state index contributed by atoms with van der Waals surface area (Å²) < 4.78 is 2.57. The lowest BCUT2D eigenvalue weighted by Gasteiger charge is -2.34. The zero-order valence-electron chi connectivity index (χ0n) is 33.7. The zero-order valence-corrected chi connectivity index (χ0v) is 34.6. The van der Waals surface area contributed by atoms with E-state index >= 15 is 0 Å². The van der Waals surface area contributed by atoms with Gasteiger partial charge in [0.05, 0.1) is 16.8 Å². The molecule has 0 bridgehead atoms. The molecular formula is C59H38N2S. The summed E-state index contributed by atoms with van der Waals surface area (Å²) in [6.45, 7) is 0. The molecule has 0 amide bonds. The maximum atomic E-state index is 5.42. The molecule has 62 heavy (non-hydrogen) atoms. The van der Waals surface area contributed by atoms with E-state index in [1.807, 2.05) is 17.4 Å². The minimum atomic E-state index is -0.497. The number of hydrogen-bond donors (Lipinski definition) is 0. The minimum absolute atomic E-state index is 0.497. The first-order chi connectivity index (χ1) is 30.8. The SMILES string of the molecule is c1ccc(-c2nc(-c3ccccc3-c3cccc4c3-c3ccccc3C4(c3ccccc3)c3ccccc3)cc(-c3ccccc3-c3cccc4c3sc3ccccc34)n2)cc1. The van der Waals surface area contributed by atoms with Crippen LogP contribution in [0.3, 0.4) is 0 Å². The highest BCUT2D eigenvalue weighted by Gasteiger charge is 2.46. The lowest BCUT2D eigenvalue weighted by molar-refractivity contribution is 0.768. The third-order valence-corrected chi connectivity index (χ3v) is 13.9. The molecule has 0 atom stereocenters. The zero-order chi connectivity index (χ0) is 41.0. The van der Waals surface area contributed by atoms with E-state index in [1.54, 1.807) is 0 Å². The molecule has 2 heterocycles. The molecule has 0 spiro atoms. The molecule has 1 aliphatic carbocycles. The Morgan fingerprint density at radius 3 is 1.48 bits per heavy atom. The Balaban J connectivity index is 1.09. The van der Waals surface area contributed by atoms with Crippen LogP contribution in [0.1, 0.15) is 22.3 Å². The molecule has 290 valence electrons. The van der Waals surface area contributed by atoms with E-state index in [4.69, 9.17) is 9.97 Å². The second kappa shape index (κ2) is 14.8. The molecule has 3 heteroatoms. The van der Waals surface area contributed by atoms with Crippen molar-refractivity contribution in [1.29, 1.82) is 0 Å². The average Bonchev–Trinajstić information content (AvgIpc) is 3.89. The first-order valence-electron chi connectivity index (χ1n) is 21.2. The van der Waals surface area contributed by atoms with Crippen molar-refractivity contribution in [3.8, 4) is 67.3 Å². The number of hydrogen-bond acceptors (Lipinski definition) is 3.